The Morgan fingerprint density at radius 1 is 1.06 bits per heavy atom. The van der Waals surface area contributed by atoms with Gasteiger partial charge in [-0.3, -0.25) is 9.10 Å². The molecule has 0 unspecified atom stereocenters. The summed E-state index contributed by atoms with van der Waals surface area (Å²) in [5.74, 6) is -0.616. The largest absolute Gasteiger partial charge is 0.493 e. The number of nitrogens with one attached hydrogen (secondary N) is 1. The fourth-order valence-corrected chi connectivity index (χ4v) is 4.67. The van der Waals surface area contributed by atoms with Crippen molar-refractivity contribution in [2.24, 2.45) is 0 Å². The van der Waals surface area contributed by atoms with Gasteiger partial charge in [-0.15, -0.1) is 0 Å². The minimum atomic E-state index is -3.93. The molecule has 0 aromatic heterocycles. The van der Waals surface area contributed by atoms with Crippen molar-refractivity contribution >= 4 is 37.5 Å². The van der Waals surface area contributed by atoms with Crippen molar-refractivity contribution < 1.29 is 27.1 Å². The number of carbonyl (C=O) groups is 1. The first-order chi connectivity index (χ1) is 16.5. The molecule has 0 spiro atoms. The van der Waals surface area contributed by atoms with Crippen LogP contribution < -0.4 is 19.1 Å². The molecule has 0 fully saturated rings. The van der Waals surface area contributed by atoms with Gasteiger partial charge in [0.05, 0.1) is 44.3 Å². The number of ether oxygens (including phenoxy) is 2. The Morgan fingerprint density at radius 3 is 2.23 bits per heavy atom. The highest BCUT2D eigenvalue weighted by atomic mass is 79.9. The molecular weight excluding hydrogens is 539 g/mol. The Balaban J connectivity index is 2.10. The third-order valence-electron chi connectivity index (χ3n) is 5.40. The molecule has 0 bridgehead atoms. The standard InChI is InChI=1S/C25H26BrFN2O5S/c1-16(17-9-11-19(26)12-10-17)28-25(30)20-13-23(33-2)24(34-3)14-22(20)29(35(4,31)32)15-18-7-5-6-8-21(18)27/h5-14,16H,15H2,1-4H3,(H,28,30)/t16-/m1/s1. The minimum absolute atomic E-state index is 0.0355. The number of carbonyl (C=O) groups excluding carboxylic acids is 1. The zero-order valence-electron chi connectivity index (χ0n) is 19.7. The summed E-state index contributed by atoms with van der Waals surface area (Å²) >= 11 is 3.39. The number of rotatable bonds is 9. The van der Waals surface area contributed by atoms with Crippen LogP contribution in [0.15, 0.2) is 65.1 Å². The Morgan fingerprint density at radius 2 is 1.66 bits per heavy atom. The van der Waals surface area contributed by atoms with E-state index < -0.39 is 21.7 Å². The number of methoxy groups -OCH3 is 2. The SMILES string of the molecule is COc1cc(C(=O)N[C@H](C)c2ccc(Br)cc2)c(N(Cc2ccccc2F)S(C)(=O)=O)cc1OC. The van der Waals surface area contributed by atoms with Gasteiger partial charge in [-0.1, -0.05) is 46.3 Å². The van der Waals surface area contributed by atoms with Gasteiger partial charge in [0.25, 0.3) is 5.91 Å². The normalized spacial score (nSPS) is 12.1. The maximum Gasteiger partial charge on any atom is 0.254 e. The van der Waals surface area contributed by atoms with Crippen LogP contribution in [-0.2, 0) is 16.6 Å². The van der Waals surface area contributed by atoms with Crippen LogP contribution >= 0.6 is 15.9 Å². The number of amides is 1. The van der Waals surface area contributed by atoms with Crippen molar-refractivity contribution in [1.29, 1.82) is 0 Å². The number of nitrogens with zero attached hydrogens (tertiary/aromatic N) is 1. The molecule has 0 saturated heterocycles. The van der Waals surface area contributed by atoms with Crippen molar-refractivity contribution in [2.45, 2.75) is 19.5 Å². The maximum atomic E-state index is 14.4. The predicted octanol–water partition coefficient (Wildman–Crippen LogP) is 5.06. The number of benzene rings is 3. The van der Waals surface area contributed by atoms with E-state index in [2.05, 4.69) is 21.2 Å². The van der Waals surface area contributed by atoms with Crippen LogP contribution in [0.2, 0.25) is 0 Å². The predicted molar refractivity (Wildman–Crippen MR) is 137 cm³/mol. The van der Waals surface area contributed by atoms with E-state index in [0.29, 0.717) is 0 Å². The first-order valence-electron chi connectivity index (χ1n) is 10.6. The van der Waals surface area contributed by atoms with Crippen LogP contribution in [-0.4, -0.2) is 34.8 Å². The number of halogens is 2. The molecule has 186 valence electrons. The Hall–Kier alpha value is -3.11. The van der Waals surface area contributed by atoms with Gasteiger partial charge >= 0.3 is 0 Å². The third kappa shape index (κ3) is 6.32. The van der Waals surface area contributed by atoms with Gasteiger partial charge in [-0.05, 0) is 36.8 Å². The molecule has 7 nitrogen and oxygen atoms in total. The van der Waals surface area contributed by atoms with E-state index in [1.807, 2.05) is 31.2 Å². The lowest BCUT2D eigenvalue weighted by Gasteiger charge is -2.26. The van der Waals surface area contributed by atoms with Crippen molar-refractivity contribution in [3.05, 3.63) is 87.6 Å². The van der Waals surface area contributed by atoms with Crippen LogP contribution in [0.4, 0.5) is 10.1 Å². The molecular formula is C25H26BrFN2O5S. The second kappa shape index (κ2) is 11.1. The van der Waals surface area contributed by atoms with Crippen molar-refractivity contribution in [3.8, 4) is 11.5 Å². The molecule has 35 heavy (non-hydrogen) atoms. The number of hydrogen-bond acceptors (Lipinski definition) is 5. The topological polar surface area (TPSA) is 84.9 Å². The highest BCUT2D eigenvalue weighted by Crippen LogP contribution is 2.37. The van der Waals surface area contributed by atoms with Crippen LogP contribution in [0.5, 0.6) is 11.5 Å². The van der Waals surface area contributed by atoms with E-state index >= 15 is 0 Å². The number of sulfonamides is 1. The Bertz CT molecular complexity index is 1320. The zero-order chi connectivity index (χ0) is 25.8. The molecule has 0 saturated carbocycles. The van der Waals surface area contributed by atoms with E-state index in [4.69, 9.17) is 9.47 Å². The summed E-state index contributed by atoms with van der Waals surface area (Å²) in [6.45, 7) is 1.50. The number of anilines is 1. The van der Waals surface area contributed by atoms with E-state index in [-0.39, 0.29) is 40.9 Å². The molecule has 0 aliphatic carbocycles. The molecule has 10 heteroatoms. The molecule has 0 radical (unpaired) electrons. The van der Waals surface area contributed by atoms with E-state index in [0.717, 1.165) is 20.6 Å². The molecule has 0 aliphatic rings. The fraction of sp³-hybridized carbons (Fsp3) is 0.240. The Labute approximate surface area is 213 Å². The summed E-state index contributed by atoms with van der Waals surface area (Å²) in [6, 6.07) is 15.8. The van der Waals surface area contributed by atoms with Gasteiger partial charge in [0.15, 0.2) is 11.5 Å². The summed E-state index contributed by atoms with van der Waals surface area (Å²) in [5.41, 5.74) is 1.08. The van der Waals surface area contributed by atoms with Gasteiger partial charge in [0.1, 0.15) is 5.82 Å². The van der Waals surface area contributed by atoms with Crippen LogP contribution in [0.3, 0.4) is 0 Å². The molecule has 3 aromatic carbocycles. The summed E-state index contributed by atoms with van der Waals surface area (Å²) < 4.78 is 52.7. The lowest BCUT2D eigenvalue weighted by atomic mass is 10.1. The second-order valence-corrected chi connectivity index (χ2v) is 10.7. The molecule has 3 rings (SSSR count). The average Bonchev–Trinajstić information content (AvgIpc) is 2.82. The van der Waals surface area contributed by atoms with E-state index in [9.17, 15) is 17.6 Å². The number of hydrogen-bond donors (Lipinski definition) is 1. The van der Waals surface area contributed by atoms with Gasteiger partial charge in [0.2, 0.25) is 10.0 Å². The van der Waals surface area contributed by atoms with Gasteiger partial charge in [-0.25, -0.2) is 12.8 Å². The third-order valence-corrected chi connectivity index (χ3v) is 7.06. The highest BCUT2D eigenvalue weighted by Gasteiger charge is 2.28. The maximum absolute atomic E-state index is 14.4. The van der Waals surface area contributed by atoms with Gasteiger partial charge in [-0.2, -0.15) is 0 Å². The highest BCUT2D eigenvalue weighted by molar-refractivity contribution is 9.10. The minimum Gasteiger partial charge on any atom is -0.493 e. The van der Waals surface area contributed by atoms with E-state index in [1.54, 1.807) is 6.07 Å². The molecule has 3 aromatic rings. The Kier molecular flexibility index (Phi) is 8.39. The summed E-state index contributed by atoms with van der Waals surface area (Å²) in [7, 11) is -1.12. The first-order valence-corrected chi connectivity index (χ1v) is 13.2. The molecule has 1 amide bonds. The quantitative estimate of drug-likeness (QED) is 0.392. The summed E-state index contributed by atoms with van der Waals surface area (Å²) in [5, 5.41) is 2.90. The van der Waals surface area contributed by atoms with Gasteiger partial charge in [0, 0.05) is 16.1 Å². The van der Waals surface area contributed by atoms with Crippen LogP contribution in [0, 0.1) is 5.82 Å². The first kappa shape index (κ1) is 26.5. The molecule has 1 atom stereocenters. The average molecular weight is 565 g/mol. The molecule has 0 aliphatic heterocycles. The van der Waals surface area contributed by atoms with E-state index in [1.165, 1.54) is 44.6 Å². The summed E-state index contributed by atoms with van der Waals surface area (Å²) in [4.78, 5) is 13.4. The molecule has 1 N–H and O–H groups in total. The fourth-order valence-electron chi connectivity index (χ4n) is 3.53. The van der Waals surface area contributed by atoms with Crippen molar-refractivity contribution in [2.75, 3.05) is 24.8 Å². The zero-order valence-corrected chi connectivity index (χ0v) is 22.1. The van der Waals surface area contributed by atoms with Crippen molar-refractivity contribution in [1.82, 2.24) is 5.32 Å². The molecule has 0 heterocycles. The lowest BCUT2D eigenvalue weighted by Crippen LogP contribution is -2.33. The monoisotopic (exact) mass is 564 g/mol. The van der Waals surface area contributed by atoms with Crippen molar-refractivity contribution in [3.63, 3.8) is 0 Å². The smallest absolute Gasteiger partial charge is 0.254 e. The van der Waals surface area contributed by atoms with Crippen LogP contribution in [0.1, 0.15) is 34.5 Å². The second-order valence-electron chi connectivity index (χ2n) is 7.83. The van der Waals surface area contributed by atoms with Crippen LogP contribution in [0.25, 0.3) is 0 Å². The summed E-state index contributed by atoms with van der Waals surface area (Å²) in [6.07, 6.45) is 0.997. The lowest BCUT2D eigenvalue weighted by molar-refractivity contribution is 0.0940. The van der Waals surface area contributed by atoms with Gasteiger partial charge < -0.3 is 14.8 Å².